The van der Waals surface area contributed by atoms with E-state index in [2.05, 4.69) is 16.7 Å². The highest BCUT2D eigenvalue weighted by Crippen LogP contribution is 2.34. The number of benzene rings is 2. The van der Waals surface area contributed by atoms with Crippen molar-refractivity contribution < 1.29 is 14.0 Å². The molecule has 0 bridgehead atoms. The molecule has 4 nitrogen and oxygen atoms in total. The van der Waals surface area contributed by atoms with Gasteiger partial charge in [0.1, 0.15) is 5.82 Å². The third-order valence-electron chi connectivity index (χ3n) is 4.71. The van der Waals surface area contributed by atoms with Crippen LogP contribution in [0.25, 0.3) is 0 Å². The first kappa shape index (κ1) is 21.1. The standard InChI is InChI=1S/C23H25FN2O2S/c1-16(27)26-21-15-18(23(28)25-14-13-17-5-3-2-4-6-17)7-12-22(21)29-20-10-8-19(24)9-11-20/h5,7-12,15H,2-4,6,13-14H2,1H3,(H,25,28)(H,26,27). The molecule has 0 saturated carbocycles. The molecule has 0 radical (unpaired) electrons. The zero-order chi connectivity index (χ0) is 20.6. The lowest BCUT2D eigenvalue weighted by atomic mass is 9.97. The largest absolute Gasteiger partial charge is 0.352 e. The molecule has 2 amide bonds. The summed E-state index contributed by atoms with van der Waals surface area (Å²) < 4.78 is 13.1. The number of carbonyl (C=O) groups is 2. The van der Waals surface area contributed by atoms with E-state index in [1.54, 1.807) is 30.3 Å². The summed E-state index contributed by atoms with van der Waals surface area (Å²) >= 11 is 1.40. The zero-order valence-electron chi connectivity index (χ0n) is 16.5. The van der Waals surface area contributed by atoms with Gasteiger partial charge in [0, 0.05) is 28.8 Å². The van der Waals surface area contributed by atoms with Gasteiger partial charge in [-0.1, -0.05) is 23.4 Å². The van der Waals surface area contributed by atoms with E-state index in [-0.39, 0.29) is 17.6 Å². The Morgan fingerprint density at radius 2 is 1.90 bits per heavy atom. The summed E-state index contributed by atoms with van der Waals surface area (Å²) in [4.78, 5) is 25.8. The number of allylic oxidation sites excluding steroid dienone is 1. The van der Waals surface area contributed by atoms with Gasteiger partial charge in [0.15, 0.2) is 0 Å². The van der Waals surface area contributed by atoms with Crippen molar-refractivity contribution in [1.82, 2.24) is 5.32 Å². The van der Waals surface area contributed by atoms with Crippen molar-refractivity contribution in [2.45, 2.75) is 48.8 Å². The molecule has 1 aliphatic rings. The quantitative estimate of drug-likeness (QED) is 0.586. The molecular weight excluding hydrogens is 387 g/mol. The molecule has 29 heavy (non-hydrogen) atoms. The molecular formula is C23H25FN2O2S. The minimum Gasteiger partial charge on any atom is -0.352 e. The number of rotatable bonds is 7. The van der Waals surface area contributed by atoms with Crippen LogP contribution in [0.15, 0.2) is 63.9 Å². The predicted octanol–water partition coefficient (Wildman–Crippen LogP) is 5.56. The summed E-state index contributed by atoms with van der Waals surface area (Å²) in [5, 5.41) is 5.75. The molecule has 0 saturated heterocycles. The molecule has 0 aromatic heterocycles. The van der Waals surface area contributed by atoms with Crippen molar-refractivity contribution in [3.63, 3.8) is 0 Å². The Morgan fingerprint density at radius 3 is 2.59 bits per heavy atom. The molecule has 0 heterocycles. The maximum absolute atomic E-state index is 13.1. The van der Waals surface area contributed by atoms with Crippen LogP contribution in [0.5, 0.6) is 0 Å². The maximum atomic E-state index is 13.1. The topological polar surface area (TPSA) is 58.2 Å². The van der Waals surface area contributed by atoms with E-state index in [9.17, 15) is 14.0 Å². The summed E-state index contributed by atoms with van der Waals surface area (Å²) in [5.41, 5.74) is 2.48. The number of nitrogens with one attached hydrogen (secondary N) is 2. The van der Waals surface area contributed by atoms with Crippen molar-refractivity contribution >= 4 is 29.3 Å². The number of hydrogen-bond acceptors (Lipinski definition) is 3. The van der Waals surface area contributed by atoms with Crippen molar-refractivity contribution in [2.24, 2.45) is 0 Å². The van der Waals surface area contributed by atoms with Crippen molar-refractivity contribution in [3.05, 3.63) is 65.5 Å². The highest BCUT2D eigenvalue weighted by Gasteiger charge is 2.12. The van der Waals surface area contributed by atoms with E-state index in [4.69, 9.17) is 0 Å². The molecule has 2 aromatic carbocycles. The third-order valence-corrected chi connectivity index (χ3v) is 5.79. The fourth-order valence-corrected chi connectivity index (χ4v) is 4.13. The average molecular weight is 413 g/mol. The van der Waals surface area contributed by atoms with Crippen LogP contribution >= 0.6 is 11.8 Å². The van der Waals surface area contributed by atoms with E-state index in [0.29, 0.717) is 17.8 Å². The molecule has 0 aliphatic heterocycles. The predicted molar refractivity (Wildman–Crippen MR) is 115 cm³/mol. The highest BCUT2D eigenvalue weighted by atomic mass is 32.2. The fraction of sp³-hybridized carbons (Fsp3) is 0.304. The molecule has 0 spiro atoms. The second-order valence-electron chi connectivity index (χ2n) is 7.06. The van der Waals surface area contributed by atoms with Crippen molar-refractivity contribution in [3.8, 4) is 0 Å². The van der Waals surface area contributed by atoms with Crippen LogP contribution in [0.4, 0.5) is 10.1 Å². The second-order valence-corrected chi connectivity index (χ2v) is 8.18. The molecule has 2 aromatic rings. The summed E-state index contributed by atoms with van der Waals surface area (Å²) in [7, 11) is 0. The lowest BCUT2D eigenvalue weighted by Crippen LogP contribution is -2.25. The minimum atomic E-state index is -0.299. The fourth-order valence-electron chi connectivity index (χ4n) is 3.25. The lowest BCUT2D eigenvalue weighted by molar-refractivity contribution is -0.114. The van der Waals surface area contributed by atoms with E-state index in [0.717, 1.165) is 29.1 Å². The molecule has 6 heteroatoms. The molecule has 0 unspecified atom stereocenters. The number of hydrogen-bond donors (Lipinski definition) is 2. The van der Waals surface area contributed by atoms with Gasteiger partial charge in [0.25, 0.3) is 5.91 Å². The van der Waals surface area contributed by atoms with Crippen LogP contribution < -0.4 is 10.6 Å². The summed E-state index contributed by atoms with van der Waals surface area (Å²) in [6.45, 7) is 2.03. The number of anilines is 1. The first-order valence-electron chi connectivity index (χ1n) is 9.82. The first-order chi connectivity index (χ1) is 14.0. The van der Waals surface area contributed by atoms with E-state index < -0.39 is 0 Å². The van der Waals surface area contributed by atoms with E-state index in [1.807, 2.05) is 0 Å². The van der Waals surface area contributed by atoms with Gasteiger partial charge in [0.05, 0.1) is 5.69 Å². The Balaban J connectivity index is 1.68. The molecule has 3 rings (SSSR count). The van der Waals surface area contributed by atoms with Crippen LogP contribution in [0.1, 0.15) is 49.4 Å². The SMILES string of the molecule is CC(=O)Nc1cc(C(=O)NCCC2=CCCCC2)ccc1Sc1ccc(F)cc1. The maximum Gasteiger partial charge on any atom is 0.251 e. The second kappa shape index (κ2) is 10.3. The monoisotopic (exact) mass is 412 g/mol. The van der Waals surface area contributed by atoms with Crippen LogP contribution in [-0.4, -0.2) is 18.4 Å². The van der Waals surface area contributed by atoms with Gasteiger partial charge in [-0.2, -0.15) is 0 Å². The van der Waals surface area contributed by atoms with Gasteiger partial charge >= 0.3 is 0 Å². The van der Waals surface area contributed by atoms with Gasteiger partial charge in [-0.15, -0.1) is 0 Å². The Hall–Kier alpha value is -2.60. The Kier molecular flexibility index (Phi) is 7.47. The normalized spacial score (nSPS) is 13.5. The van der Waals surface area contributed by atoms with Crippen molar-refractivity contribution in [1.29, 1.82) is 0 Å². The van der Waals surface area contributed by atoms with Crippen molar-refractivity contribution in [2.75, 3.05) is 11.9 Å². The summed E-state index contributed by atoms with van der Waals surface area (Å²) in [6.07, 6.45) is 7.90. The van der Waals surface area contributed by atoms with Gasteiger partial charge in [-0.3, -0.25) is 9.59 Å². The highest BCUT2D eigenvalue weighted by molar-refractivity contribution is 7.99. The molecule has 1 aliphatic carbocycles. The number of halogens is 1. The molecule has 0 atom stereocenters. The molecule has 2 N–H and O–H groups in total. The summed E-state index contributed by atoms with van der Waals surface area (Å²) in [5.74, 6) is -0.675. The van der Waals surface area contributed by atoms with Gasteiger partial charge < -0.3 is 10.6 Å². The van der Waals surface area contributed by atoms with Crippen LogP contribution in [-0.2, 0) is 4.79 Å². The smallest absolute Gasteiger partial charge is 0.251 e. The Morgan fingerprint density at radius 1 is 1.10 bits per heavy atom. The van der Waals surface area contributed by atoms with Gasteiger partial charge in [-0.25, -0.2) is 4.39 Å². The minimum absolute atomic E-state index is 0.161. The first-order valence-corrected chi connectivity index (χ1v) is 10.6. The van der Waals surface area contributed by atoms with E-state index >= 15 is 0 Å². The Bertz CT molecular complexity index is 910. The van der Waals surface area contributed by atoms with Crippen LogP contribution in [0.3, 0.4) is 0 Å². The summed E-state index contributed by atoms with van der Waals surface area (Å²) in [6, 6.07) is 11.4. The van der Waals surface area contributed by atoms with Gasteiger partial charge in [-0.05, 0) is 74.6 Å². The van der Waals surface area contributed by atoms with Crippen LogP contribution in [0.2, 0.25) is 0 Å². The lowest BCUT2D eigenvalue weighted by Gasteiger charge is -2.14. The third kappa shape index (κ3) is 6.46. The zero-order valence-corrected chi connectivity index (χ0v) is 17.3. The number of carbonyl (C=O) groups excluding carboxylic acids is 2. The van der Waals surface area contributed by atoms with E-state index in [1.165, 1.54) is 49.2 Å². The van der Waals surface area contributed by atoms with Gasteiger partial charge in [0.2, 0.25) is 5.91 Å². The average Bonchev–Trinajstić information content (AvgIpc) is 2.71. The Labute approximate surface area is 175 Å². The molecule has 0 fully saturated rings. The number of amides is 2. The van der Waals surface area contributed by atoms with Crippen LogP contribution in [0, 0.1) is 5.82 Å². The molecule has 152 valence electrons.